The Morgan fingerprint density at radius 3 is 3.00 bits per heavy atom. The van der Waals surface area contributed by atoms with Crippen LogP contribution in [0.1, 0.15) is 19.8 Å². The minimum absolute atomic E-state index is 0.0460. The molecule has 1 aliphatic rings. The van der Waals surface area contributed by atoms with E-state index >= 15 is 0 Å². The van der Waals surface area contributed by atoms with Crippen molar-refractivity contribution in [3.8, 4) is 5.82 Å². The number of likely N-dealkylation sites (tertiary alicyclic amines) is 1. The largest absolute Gasteiger partial charge is 0.393 e. The number of carbonyl (C=O) groups is 1. The van der Waals surface area contributed by atoms with E-state index in [1.165, 1.54) is 6.33 Å². The molecule has 0 radical (unpaired) electrons. The molecule has 1 saturated heterocycles. The van der Waals surface area contributed by atoms with Gasteiger partial charge in [-0.3, -0.25) is 4.79 Å². The van der Waals surface area contributed by atoms with Crippen molar-refractivity contribution >= 4 is 17.4 Å². The second-order valence-electron chi connectivity index (χ2n) is 5.40. The summed E-state index contributed by atoms with van der Waals surface area (Å²) in [5, 5.41) is 7.38. The van der Waals surface area contributed by atoms with E-state index in [-0.39, 0.29) is 11.9 Å². The Labute approximate surface area is 128 Å². The number of amides is 1. The van der Waals surface area contributed by atoms with Gasteiger partial charge in [-0.15, -0.1) is 0 Å². The summed E-state index contributed by atoms with van der Waals surface area (Å²) in [6, 6.07) is 1.85. The third-order valence-corrected chi connectivity index (χ3v) is 3.63. The minimum atomic E-state index is 0.0460. The fraction of sp³-hybridized carbons (Fsp3) is 0.429. The first kappa shape index (κ1) is 14.3. The van der Waals surface area contributed by atoms with Gasteiger partial charge in [-0.1, -0.05) is 0 Å². The molecule has 8 nitrogen and oxygen atoms in total. The predicted molar refractivity (Wildman–Crippen MR) is 82.5 cm³/mol. The molecule has 22 heavy (non-hydrogen) atoms. The first-order valence-electron chi connectivity index (χ1n) is 7.30. The van der Waals surface area contributed by atoms with Gasteiger partial charge in [-0.25, -0.2) is 14.6 Å². The van der Waals surface area contributed by atoms with Gasteiger partial charge in [-0.05, 0) is 19.4 Å². The van der Waals surface area contributed by atoms with Crippen LogP contribution < -0.4 is 11.1 Å². The van der Waals surface area contributed by atoms with Crippen LogP contribution in [0.25, 0.3) is 5.82 Å². The topological polar surface area (TPSA) is 102 Å². The zero-order chi connectivity index (χ0) is 15.5. The van der Waals surface area contributed by atoms with E-state index in [1.807, 2.05) is 11.8 Å². The maximum Gasteiger partial charge on any atom is 0.222 e. The molecule has 8 heteroatoms. The molecule has 3 rings (SSSR count). The van der Waals surface area contributed by atoms with Gasteiger partial charge in [0.15, 0.2) is 11.6 Å². The van der Waals surface area contributed by atoms with Crippen molar-refractivity contribution in [1.82, 2.24) is 24.6 Å². The lowest BCUT2D eigenvalue weighted by Crippen LogP contribution is -2.36. The molecule has 3 N–H and O–H groups in total. The van der Waals surface area contributed by atoms with E-state index in [0.717, 1.165) is 13.0 Å². The van der Waals surface area contributed by atoms with Crippen LogP contribution in [0.5, 0.6) is 0 Å². The van der Waals surface area contributed by atoms with Crippen LogP contribution in [0.2, 0.25) is 0 Å². The number of hydrogen-bond acceptors (Lipinski definition) is 6. The smallest absolute Gasteiger partial charge is 0.222 e. The third kappa shape index (κ3) is 2.85. The van der Waals surface area contributed by atoms with Gasteiger partial charge in [0.1, 0.15) is 12.0 Å². The van der Waals surface area contributed by atoms with E-state index in [2.05, 4.69) is 20.4 Å². The summed E-state index contributed by atoms with van der Waals surface area (Å²) >= 11 is 0. The van der Waals surface area contributed by atoms with E-state index in [9.17, 15) is 4.79 Å². The van der Waals surface area contributed by atoms with Crippen molar-refractivity contribution in [2.24, 2.45) is 0 Å². The second-order valence-corrected chi connectivity index (χ2v) is 5.40. The Balaban J connectivity index is 1.72. The molecular formula is C14H19N7O. The molecule has 0 aliphatic carbocycles. The quantitative estimate of drug-likeness (QED) is 0.841. The highest BCUT2D eigenvalue weighted by atomic mass is 16.2. The first-order chi connectivity index (χ1) is 10.6. The maximum atomic E-state index is 11.7. The van der Waals surface area contributed by atoms with Crippen molar-refractivity contribution in [2.75, 3.05) is 24.1 Å². The molecule has 2 aromatic heterocycles. The summed E-state index contributed by atoms with van der Waals surface area (Å²) in [5.41, 5.74) is 6.57. The number of hydrogen-bond donors (Lipinski definition) is 2. The number of nitrogens with two attached hydrogens (primary N) is 1. The Hall–Kier alpha value is -2.64. The van der Waals surface area contributed by atoms with Crippen LogP contribution in [0.3, 0.4) is 0 Å². The highest BCUT2D eigenvalue weighted by Crippen LogP contribution is 2.21. The van der Waals surface area contributed by atoms with E-state index in [0.29, 0.717) is 30.3 Å². The fourth-order valence-corrected chi connectivity index (χ4v) is 2.58. The van der Waals surface area contributed by atoms with Crippen molar-refractivity contribution in [3.63, 3.8) is 0 Å². The normalized spacial score (nSPS) is 16.0. The van der Waals surface area contributed by atoms with Gasteiger partial charge in [0, 0.05) is 37.9 Å². The van der Waals surface area contributed by atoms with Gasteiger partial charge in [0.2, 0.25) is 5.91 Å². The Bertz CT molecular complexity index is 655. The van der Waals surface area contributed by atoms with Crippen molar-refractivity contribution < 1.29 is 4.79 Å². The van der Waals surface area contributed by atoms with Crippen molar-refractivity contribution in [3.05, 3.63) is 24.8 Å². The van der Waals surface area contributed by atoms with E-state index in [1.54, 1.807) is 23.1 Å². The van der Waals surface area contributed by atoms with E-state index in [4.69, 9.17) is 5.73 Å². The summed E-state index contributed by atoms with van der Waals surface area (Å²) in [6.45, 7) is 3.46. The molecule has 1 unspecified atom stereocenters. The number of rotatable bonds is 5. The van der Waals surface area contributed by atoms with Gasteiger partial charge in [0.05, 0.1) is 0 Å². The maximum absolute atomic E-state index is 11.7. The van der Waals surface area contributed by atoms with Crippen LogP contribution >= 0.6 is 0 Å². The Morgan fingerprint density at radius 1 is 1.45 bits per heavy atom. The Morgan fingerprint density at radius 2 is 2.32 bits per heavy atom. The summed E-state index contributed by atoms with van der Waals surface area (Å²) < 4.78 is 1.59. The van der Waals surface area contributed by atoms with Crippen LogP contribution in [0.4, 0.5) is 11.5 Å². The van der Waals surface area contributed by atoms with Crippen molar-refractivity contribution in [2.45, 2.75) is 25.8 Å². The lowest BCUT2D eigenvalue weighted by Gasteiger charge is -2.22. The molecule has 0 spiro atoms. The Kier molecular flexibility index (Phi) is 3.90. The average Bonchev–Trinajstić information content (AvgIpc) is 3.14. The number of nitrogen functional groups attached to an aromatic ring is 1. The minimum Gasteiger partial charge on any atom is -0.393 e. The highest BCUT2D eigenvalue weighted by Gasteiger charge is 2.22. The SMILES string of the molecule is CC(CN1CCCC1=O)Nc1ncnc(-n2cccn2)c1N. The molecule has 1 amide bonds. The molecule has 1 fully saturated rings. The molecule has 3 heterocycles. The lowest BCUT2D eigenvalue weighted by molar-refractivity contribution is -0.127. The number of nitrogens with one attached hydrogen (secondary N) is 1. The molecule has 116 valence electrons. The van der Waals surface area contributed by atoms with Crippen LogP contribution in [-0.2, 0) is 4.79 Å². The molecular weight excluding hydrogens is 282 g/mol. The monoisotopic (exact) mass is 301 g/mol. The molecule has 0 aromatic carbocycles. The van der Waals surface area contributed by atoms with Crippen molar-refractivity contribution in [1.29, 1.82) is 0 Å². The summed E-state index contributed by atoms with van der Waals surface area (Å²) in [7, 11) is 0. The van der Waals surface area contributed by atoms with Gasteiger partial charge in [-0.2, -0.15) is 5.10 Å². The van der Waals surface area contributed by atoms with E-state index < -0.39 is 0 Å². The van der Waals surface area contributed by atoms with Crippen LogP contribution in [-0.4, -0.2) is 49.7 Å². The summed E-state index contributed by atoms with van der Waals surface area (Å²) in [5.74, 6) is 1.30. The standard InChI is InChI=1S/C14H19N7O/c1-10(8-20-6-2-4-11(20)22)19-13-12(15)14(17-9-16-13)21-7-3-5-18-21/h3,5,7,9-10H,2,4,6,8,15H2,1H3,(H,16,17,19). The van der Waals surface area contributed by atoms with Gasteiger partial charge in [0.25, 0.3) is 0 Å². The molecule has 2 aromatic rings. The molecule has 0 bridgehead atoms. The molecule has 0 saturated carbocycles. The molecule has 1 aliphatic heterocycles. The fourth-order valence-electron chi connectivity index (χ4n) is 2.58. The first-order valence-corrected chi connectivity index (χ1v) is 7.30. The summed E-state index contributed by atoms with van der Waals surface area (Å²) in [6.07, 6.45) is 6.46. The number of carbonyl (C=O) groups excluding carboxylic acids is 1. The highest BCUT2D eigenvalue weighted by molar-refractivity contribution is 5.78. The third-order valence-electron chi connectivity index (χ3n) is 3.63. The van der Waals surface area contributed by atoms with Crippen LogP contribution in [0, 0.1) is 0 Å². The number of nitrogens with zero attached hydrogens (tertiary/aromatic N) is 5. The zero-order valence-corrected chi connectivity index (χ0v) is 12.4. The van der Waals surface area contributed by atoms with Crippen LogP contribution in [0.15, 0.2) is 24.8 Å². The number of anilines is 2. The van der Waals surface area contributed by atoms with Gasteiger partial charge < -0.3 is 16.0 Å². The molecule has 1 atom stereocenters. The lowest BCUT2D eigenvalue weighted by atomic mass is 10.3. The summed E-state index contributed by atoms with van der Waals surface area (Å²) in [4.78, 5) is 21.9. The number of aromatic nitrogens is 4. The average molecular weight is 301 g/mol. The second kappa shape index (κ2) is 6.00. The predicted octanol–water partition coefficient (Wildman–Crippen LogP) is 0.667. The van der Waals surface area contributed by atoms with Gasteiger partial charge >= 0.3 is 0 Å². The zero-order valence-electron chi connectivity index (χ0n) is 12.4.